The largest absolute Gasteiger partial charge is 0.493 e. The van der Waals surface area contributed by atoms with Crippen molar-refractivity contribution in [3.8, 4) is 11.5 Å². The van der Waals surface area contributed by atoms with E-state index < -0.39 is 6.10 Å². The van der Waals surface area contributed by atoms with Gasteiger partial charge in [-0.05, 0) is 31.2 Å². The number of benzene rings is 1. The van der Waals surface area contributed by atoms with E-state index >= 15 is 0 Å². The summed E-state index contributed by atoms with van der Waals surface area (Å²) >= 11 is 0. The highest BCUT2D eigenvalue weighted by atomic mass is 16.5. The highest BCUT2D eigenvalue weighted by Crippen LogP contribution is 2.28. The lowest BCUT2D eigenvalue weighted by atomic mass is 10.2. The zero-order chi connectivity index (χ0) is 12.7. The summed E-state index contributed by atoms with van der Waals surface area (Å²) in [4.78, 5) is 0. The van der Waals surface area contributed by atoms with Gasteiger partial charge in [0.25, 0.3) is 0 Å². The van der Waals surface area contributed by atoms with Crippen molar-refractivity contribution in [1.29, 1.82) is 0 Å². The lowest BCUT2D eigenvalue weighted by molar-refractivity contribution is 0.120. The number of hydrogen-bond acceptors (Lipinski definition) is 4. The van der Waals surface area contributed by atoms with Crippen LogP contribution in [-0.2, 0) is 6.54 Å². The Kier molecular flexibility index (Phi) is 5.80. The maximum atomic E-state index is 9.21. The molecule has 2 N–H and O–H groups in total. The molecule has 4 nitrogen and oxygen atoms in total. The van der Waals surface area contributed by atoms with Crippen LogP contribution in [0, 0.1) is 0 Å². The van der Waals surface area contributed by atoms with Crippen molar-refractivity contribution < 1.29 is 14.6 Å². The monoisotopic (exact) mass is 239 g/mol. The number of rotatable bonds is 7. The van der Waals surface area contributed by atoms with E-state index in [1.165, 1.54) is 0 Å². The highest BCUT2D eigenvalue weighted by molar-refractivity contribution is 5.42. The molecule has 4 heteroatoms. The van der Waals surface area contributed by atoms with Gasteiger partial charge in [0, 0.05) is 6.54 Å². The number of nitrogens with one attached hydrogen (secondary N) is 1. The zero-order valence-corrected chi connectivity index (χ0v) is 10.7. The Morgan fingerprint density at radius 3 is 2.71 bits per heavy atom. The van der Waals surface area contributed by atoms with Gasteiger partial charge in [-0.1, -0.05) is 13.0 Å². The zero-order valence-electron chi connectivity index (χ0n) is 10.7. The van der Waals surface area contributed by atoms with Gasteiger partial charge in [0.2, 0.25) is 0 Å². The van der Waals surface area contributed by atoms with Gasteiger partial charge in [-0.25, -0.2) is 0 Å². The maximum Gasteiger partial charge on any atom is 0.161 e. The van der Waals surface area contributed by atoms with Gasteiger partial charge in [0.15, 0.2) is 11.5 Å². The highest BCUT2D eigenvalue weighted by Gasteiger charge is 2.07. The summed E-state index contributed by atoms with van der Waals surface area (Å²) < 4.78 is 10.7. The first-order chi connectivity index (χ1) is 8.17. The first-order valence-electron chi connectivity index (χ1n) is 5.85. The molecular weight excluding hydrogens is 218 g/mol. The van der Waals surface area contributed by atoms with Gasteiger partial charge >= 0.3 is 0 Å². The second kappa shape index (κ2) is 7.14. The molecular formula is C13H21NO3. The van der Waals surface area contributed by atoms with E-state index in [-0.39, 0.29) is 6.61 Å². The Labute approximate surface area is 103 Å². The number of hydrogen-bond donors (Lipinski definition) is 2. The molecule has 0 aromatic heterocycles. The van der Waals surface area contributed by atoms with Crippen molar-refractivity contribution in [3.05, 3.63) is 23.8 Å². The molecule has 0 radical (unpaired) electrons. The number of aliphatic hydroxyl groups excluding tert-OH is 1. The molecule has 1 rings (SSSR count). The topological polar surface area (TPSA) is 50.7 Å². The predicted octanol–water partition coefficient (Wildman–Crippen LogP) is 1.56. The lowest BCUT2D eigenvalue weighted by Crippen LogP contribution is -2.14. The van der Waals surface area contributed by atoms with E-state index in [4.69, 9.17) is 9.47 Å². The van der Waals surface area contributed by atoms with Crippen LogP contribution < -0.4 is 14.8 Å². The van der Waals surface area contributed by atoms with Crippen LogP contribution in [0.15, 0.2) is 18.2 Å². The van der Waals surface area contributed by atoms with Crippen LogP contribution in [0.2, 0.25) is 0 Å². The molecule has 96 valence electrons. The van der Waals surface area contributed by atoms with E-state index in [9.17, 15) is 5.11 Å². The normalized spacial score (nSPS) is 12.2. The molecule has 0 aliphatic heterocycles. The van der Waals surface area contributed by atoms with Crippen LogP contribution >= 0.6 is 0 Å². The molecule has 17 heavy (non-hydrogen) atoms. The third-order valence-corrected chi connectivity index (χ3v) is 2.29. The van der Waals surface area contributed by atoms with Crippen molar-refractivity contribution >= 4 is 0 Å². The van der Waals surface area contributed by atoms with Crippen molar-refractivity contribution in [2.75, 3.05) is 20.3 Å². The molecule has 0 amide bonds. The molecule has 1 atom stereocenters. The Bertz CT molecular complexity index is 339. The van der Waals surface area contributed by atoms with Crippen LogP contribution in [0.4, 0.5) is 0 Å². The minimum atomic E-state index is -0.489. The molecule has 0 fully saturated rings. The Hall–Kier alpha value is -1.26. The molecule has 0 spiro atoms. The summed E-state index contributed by atoms with van der Waals surface area (Å²) in [7, 11) is 1.61. The van der Waals surface area contributed by atoms with Gasteiger partial charge in [-0.3, -0.25) is 0 Å². The van der Waals surface area contributed by atoms with Gasteiger partial charge in [0.1, 0.15) is 6.61 Å². The summed E-state index contributed by atoms with van der Waals surface area (Å²) in [5.41, 5.74) is 1.13. The predicted molar refractivity (Wildman–Crippen MR) is 67.6 cm³/mol. The Morgan fingerprint density at radius 1 is 1.35 bits per heavy atom. The van der Waals surface area contributed by atoms with Crippen molar-refractivity contribution in [1.82, 2.24) is 5.32 Å². The Balaban J connectivity index is 2.75. The van der Waals surface area contributed by atoms with E-state index in [0.717, 1.165) is 18.7 Å². The van der Waals surface area contributed by atoms with Crippen LogP contribution in [-0.4, -0.2) is 31.5 Å². The molecule has 0 aliphatic rings. The summed E-state index contributed by atoms with van der Waals surface area (Å²) in [6.07, 6.45) is -0.489. The van der Waals surface area contributed by atoms with Crippen molar-refractivity contribution in [3.63, 3.8) is 0 Å². The van der Waals surface area contributed by atoms with E-state index in [2.05, 4.69) is 12.2 Å². The molecule has 0 heterocycles. The fourth-order valence-electron chi connectivity index (χ4n) is 1.42. The number of methoxy groups -OCH3 is 1. The number of ether oxygens (including phenoxy) is 2. The van der Waals surface area contributed by atoms with Crippen molar-refractivity contribution in [2.45, 2.75) is 26.5 Å². The lowest BCUT2D eigenvalue weighted by Gasteiger charge is -2.13. The number of aliphatic hydroxyl groups is 1. The standard InChI is InChI=1S/C13H21NO3/c1-4-14-8-11-5-6-12(16-3)13(7-11)17-9-10(2)15/h5-7,10,14-15H,4,8-9H2,1-3H3. The van der Waals surface area contributed by atoms with Gasteiger partial charge in [-0.15, -0.1) is 0 Å². The summed E-state index contributed by atoms with van der Waals surface area (Å²) in [5, 5.41) is 12.5. The van der Waals surface area contributed by atoms with E-state index in [1.807, 2.05) is 18.2 Å². The average molecular weight is 239 g/mol. The minimum absolute atomic E-state index is 0.265. The summed E-state index contributed by atoms with van der Waals surface area (Å²) in [5.74, 6) is 1.36. The minimum Gasteiger partial charge on any atom is -0.493 e. The van der Waals surface area contributed by atoms with Crippen LogP contribution in [0.5, 0.6) is 11.5 Å². The van der Waals surface area contributed by atoms with Gasteiger partial charge in [0.05, 0.1) is 13.2 Å². The van der Waals surface area contributed by atoms with E-state index in [1.54, 1.807) is 14.0 Å². The molecule has 0 saturated heterocycles. The first kappa shape index (κ1) is 13.8. The molecule has 0 bridgehead atoms. The third kappa shape index (κ3) is 4.63. The third-order valence-electron chi connectivity index (χ3n) is 2.29. The van der Waals surface area contributed by atoms with Gasteiger partial charge in [-0.2, -0.15) is 0 Å². The van der Waals surface area contributed by atoms with Crippen LogP contribution in [0.3, 0.4) is 0 Å². The molecule has 0 aliphatic carbocycles. The Morgan fingerprint density at radius 2 is 2.12 bits per heavy atom. The second-order valence-corrected chi connectivity index (χ2v) is 3.93. The smallest absolute Gasteiger partial charge is 0.161 e. The first-order valence-corrected chi connectivity index (χ1v) is 5.85. The van der Waals surface area contributed by atoms with Crippen LogP contribution in [0.25, 0.3) is 0 Å². The summed E-state index contributed by atoms with van der Waals surface area (Å²) in [6.45, 7) is 5.74. The summed E-state index contributed by atoms with van der Waals surface area (Å²) in [6, 6.07) is 5.81. The van der Waals surface area contributed by atoms with Crippen molar-refractivity contribution in [2.24, 2.45) is 0 Å². The average Bonchev–Trinajstić information content (AvgIpc) is 2.33. The van der Waals surface area contributed by atoms with E-state index in [0.29, 0.717) is 11.5 Å². The van der Waals surface area contributed by atoms with Crippen LogP contribution in [0.1, 0.15) is 19.4 Å². The fraction of sp³-hybridized carbons (Fsp3) is 0.538. The molecule has 0 saturated carbocycles. The molecule has 1 aromatic carbocycles. The fourth-order valence-corrected chi connectivity index (χ4v) is 1.42. The molecule has 1 unspecified atom stereocenters. The maximum absolute atomic E-state index is 9.21. The SMILES string of the molecule is CCNCc1ccc(OC)c(OCC(C)O)c1. The quantitative estimate of drug-likeness (QED) is 0.758. The molecule has 1 aromatic rings. The second-order valence-electron chi connectivity index (χ2n) is 3.93. The van der Waals surface area contributed by atoms with Gasteiger partial charge < -0.3 is 19.9 Å².